The van der Waals surface area contributed by atoms with Crippen LogP contribution in [0.5, 0.6) is 11.5 Å². The third kappa shape index (κ3) is 6.89. The highest BCUT2D eigenvalue weighted by atomic mass is 35.5. The molecule has 0 saturated carbocycles. The third-order valence-electron chi connectivity index (χ3n) is 5.54. The van der Waals surface area contributed by atoms with Crippen LogP contribution >= 0.6 is 11.6 Å². The van der Waals surface area contributed by atoms with Gasteiger partial charge in [0.05, 0.1) is 14.2 Å². The number of nitrogens with one attached hydrogen (secondary N) is 1. The molecule has 0 unspecified atom stereocenters. The van der Waals surface area contributed by atoms with Gasteiger partial charge in [-0.2, -0.15) is 0 Å². The average Bonchev–Trinajstić information content (AvgIpc) is 2.81. The minimum absolute atomic E-state index is 0.0361. The van der Waals surface area contributed by atoms with Crippen molar-refractivity contribution in [3.8, 4) is 11.5 Å². The van der Waals surface area contributed by atoms with Crippen molar-refractivity contribution in [1.82, 2.24) is 10.2 Å². The van der Waals surface area contributed by atoms with Crippen LogP contribution in [0.25, 0.3) is 0 Å². The number of carbonyl (C=O) groups excluding carboxylic acids is 2. The van der Waals surface area contributed by atoms with E-state index in [1.165, 1.54) is 0 Å². The quantitative estimate of drug-likeness (QED) is 0.531. The van der Waals surface area contributed by atoms with E-state index in [9.17, 15) is 9.59 Å². The number of benzene rings is 2. The average molecular weight is 461 g/mol. The van der Waals surface area contributed by atoms with Crippen LogP contribution in [0.15, 0.2) is 42.5 Å². The van der Waals surface area contributed by atoms with Gasteiger partial charge in [-0.3, -0.25) is 9.59 Å². The number of hydrogen-bond acceptors (Lipinski definition) is 4. The van der Waals surface area contributed by atoms with E-state index in [1.54, 1.807) is 32.1 Å². The van der Waals surface area contributed by atoms with Gasteiger partial charge in [0, 0.05) is 24.0 Å². The summed E-state index contributed by atoms with van der Waals surface area (Å²) in [4.78, 5) is 27.6. The largest absolute Gasteiger partial charge is 0.493 e. The molecule has 2 aromatic rings. The molecule has 0 fully saturated rings. The number of rotatable bonds is 11. The van der Waals surface area contributed by atoms with Gasteiger partial charge in [0.15, 0.2) is 11.5 Å². The normalized spacial score (nSPS) is 12.6. The number of amides is 2. The molecular formula is C25H33ClN2O4. The molecule has 0 bridgehead atoms. The second-order valence-corrected chi connectivity index (χ2v) is 8.20. The zero-order valence-corrected chi connectivity index (χ0v) is 20.2. The molecule has 0 heterocycles. The highest BCUT2D eigenvalue weighted by Crippen LogP contribution is 2.28. The van der Waals surface area contributed by atoms with Crippen molar-refractivity contribution < 1.29 is 19.1 Å². The predicted octanol–water partition coefficient (Wildman–Crippen LogP) is 4.62. The van der Waals surface area contributed by atoms with Crippen LogP contribution < -0.4 is 14.8 Å². The molecule has 2 amide bonds. The Morgan fingerprint density at radius 3 is 2.38 bits per heavy atom. The highest BCUT2D eigenvalue weighted by molar-refractivity contribution is 6.31. The van der Waals surface area contributed by atoms with Crippen LogP contribution in [0, 0.1) is 0 Å². The first-order valence-corrected chi connectivity index (χ1v) is 11.2. The lowest BCUT2D eigenvalue weighted by Crippen LogP contribution is -2.49. The minimum atomic E-state index is -0.627. The van der Waals surface area contributed by atoms with Crippen molar-refractivity contribution in [2.45, 2.75) is 58.7 Å². The summed E-state index contributed by atoms with van der Waals surface area (Å²) in [5.74, 6) is 0.960. The summed E-state index contributed by atoms with van der Waals surface area (Å²) < 4.78 is 10.6. The molecule has 2 atom stereocenters. The van der Waals surface area contributed by atoms with Crippen molar-refractivity contribution in [2.24, 2.45) is 0 Å². The first-order valence-electron chi connectivity index (χ1n) is 10.8. The maximum absolute atomic E-state index is 13.3. The van der Waals surface area contributed by atoms with E-state index in [1.807, 2.05) is 50.2 Å². The van der Waals surface area contributed by atoms with E-state index in [4.69, 9.17) is 21.1 Å². The maximum atomic E-state index is 13.3. The van der Waals surface area contributed by atoms with E-state index < -0.39 is 6.04 Å². The first-order chi connectivity index (χ1) is 15.3. The number of ether oxygens (including phenoxy) is 2. The van der Waals surface area contributed by atoms with E-state index in [0.29, 0.717) is 22.9 Å². The molecule has 6 nitrogen and oxygen atoms in total. The molecule has 0 aromatic heterocycles. The van der Waals surface area contributed by atoms with Crippen LogP contribution in [0.1, 0.15) is 44.7 Å². The number of aryl methyl sites for hydroxylation is 1. The van der Waals surface area contributed by atoms with Gasteiger partial charge in [-0.15, -0.1) is 0 Å². The first kappa shape index (κ1) is 25.5. The fraction of sp³-hybridized carbons (Fsp3) is 0.440. The minimum Gasteiger partial charge on any atom is -0.493 e. The summed E-state index contributed by atoms with van der Waals surface area (Å²) in [5, 5.41) is 3.54. The molecule has 0 spiro atoms. The molecule has 174 valence electrons. The Labute approximate surface area is 195 Å². The van der Waals surface area contributed by atoms with Gasteiger partial charge in [-0.1, -0.05) is 42.8 Å². The smallest absolute Gasteiger partial charge is 0.242 e. The fourth-order valence-corrected chi connectivity index (χ4v) is 3.48. The van der Waals surface area contributed by atoms with Crippen molar-refractivity contribution in [3.05, 3.63) is 58.6 Å². The Balaban J connectivity index is 2.19. The number of carbonyl (C=O) groups is 2. The zero-order chi connectivity index (χ0) is 23.7. The lowest BCUT2D eigenvalue weighted by atomic mass is 10.1. The lowest BCUT2D eigenvalue weighted by molar-refractivity contribution is -0.140. The Bertz CT molecular complexity index is 919. The molecule has 1 N–H and O–H groups in total. The molecule has 0 saturated heterocycles. The summed E-state index contributed by atoms with van der Waals surface area (Å²) in [7, 11) is 3.16. The second kappa shape index (κ2) is 12.3. The number of methoxy groups -OCH3 is 2. The molecule has 32 heavy (non-hydrogen) atoms. The molecule has 0 aliphatic carbocycles. The standard InChI is InChI=1S/C25H33ClN2O4/c1-6-17(2)27-25(30)18(3)28(16-20-9-7-8-10-21(20)26)24(29)14-12-19-11-13-22(31-4)23(15-19)32-5/h7-11,13,15,17-18H,6,12,14,16H2,1-5H3,(H,27,30)/t17-,18+/m1/s1. The van der Waals surface area contributed by atoms with Gasteiger partial charge in [0.1, 0.15) is 6.04 Å². The Kier molecular flexibility index (Phi) is 9.85. The van der Waals surface area contributed by atoms with Crippen molar-refractivity contribution >= 4 is 23.4 Å². The zero-order valence-electron chi connectivity index (χ0n) is 19.5. The van der Waals surface area contributed by atoms with Crippen LogP contribution in [0.4, 0.5) is 0 Å². The van der Waals surface area contributed by atoms with Crippen LogP contribution in [0.2, 0.25) is 5.02 Å². The summed E-state index contributed by atoms with van der Waals surface area (Å²) in [5.41, 5.74) is 1.75. The summed E-state index contributed by atoms with van der Waals surface area (Å²) in [6.45, 7) is 5.97. The molecule has 0 aliphatic rings. The van der Waals surface area contributed by atoms with Crippen molar-refractivity contribution in [3.63, 3.8) is 0 Å². The number of nitrogens with zero attached hydrogens (tertiary/aromatic N) is 1. The topological polar surface area (TPSA) is 67.9 Å². The van der Waals surface area contributed by atoms with Crippen LogP contribution in [-0.4, -0.2) is 43.0 Å². The Morgan fingerprint density at radius 2 is 1.75 bits per heavy atom. The van der Waals surface area contributed by atoms with E-state index in [-0.39, 0.29) is 30.8 Å². The Hall–Kier alpha value is -2.73. The van der Waals surface area contributed by atoms with Gasteiger partial charge in [0.2, 0.25) is 11.8 Å². The third-order valence-corrected chi connectivity index (χ3v) is 5.91. The second-order valence-electron chi connectivity index (χ2n) is 7.80. The fourth-order valence-electron chi connectivity index (χ4n) is 3.29. The van der Waals surface area contributed by atoms with E-state index >= 15 is 0 Å². The molecule has 0 aliphatic heterocycles. The van der Waals surface area contributed by atoms with E-state index in [2.05, 4.69) is 5.32 Å². The lowest BCUT2D eigenvalue weighted by Gasteiger charge is -2.30. The highest BCUT2D eigenvalue weighted by Gasteiger charge is 2.27. The van der Waals surface area contributed by atoms with Gasteiger partial charge in [0.25, 0.3) is 0 Å². The van der Waals surface area contributed by atoms with Gasteiger partial charge in [-0.25, -0.2) is 0 Å². The van der Waals surface area contributed by atoms with Gasteiger partial charge >= 0.3 is 0 Å². The van der Waals surface area contributed by atoms with Crippen LogP contribution in [-0.2, 0) is 22.6 Å². The summed E-state index contributed by atoms with van der Waals surface area (Å²) in [6.07, 6.45) is 1.58. The molecule has 2 aromatic carbocycles. The summed E-state index contributed by atoms with van der Waals surface area (Å²) in [6, 6.07) is 12.4. The predicted molar refractivity (Wildman–Crippen MR) is 127 cm³/mol. The molecule has 2 rings (SSSR count). The van der Waals surface area contributed by atoms with Gasteiger partial charge in [-0.05, 0) is 56.0 Å². The SMILES string of the molecule is CC[C@@H](C)NC(=O)[C@H](C)N(Cc1ccccc1Cl)C(=O)CCc1ccc(OC)c(OC)c1. The van der Waals surface area contributed by atoms with Crippen molar-refractivity contribution in [1.29, 1.82) is 0 Å². The van der Waals surface area contributed by atoms with Gasteiger partial charge < -0.3 is 19.7 Å². The maximum Gasteiger partial charge on any atom is 0.242 e. The van der Waals surface area contributed by atoms with Crippen molar-refractivity contribution in [2.75, 3.05) is 14.2 Å². The molecule has 7 heteroatoms. The molecule has 0 radical (unpaired) electrons. The van der Waals surface area contributed by atoms with Crippen LogP contribution in [0.3, 0.4) is 0 Å². The monoisotopic (exact) mass is 460 g/mol. The Morgan fingerprint density at radius 1 is 1.06 bits per heavy atom. The van der Waals surface area contributed by atoms with E-state index in [0.717, 1.165) is 17.5 Å². The molecular weight excluding hydrogens is 428 g/mol. The number of hydrogen-bond donors (Lipinski definition) is 1. The summed E-state index contributed by atoms with van der Waals surface area (Å²) >= 11 is 6.33. The number of halogens is 1.